The second kappa shape index (κ2) is 11.2. The van der Waals surface area contributed by atoms with Gasteiger partial charge >= 0.3 is 0 Å². The summed E-state index contributed by atoms with van der Waals surface area (Å²) >= 11 is 0. The molecule has 3 aromatic rings. The van der Waals surface area contributed by atoms with Gasteiger partial charge in [0.2, 0.25) is 0 Å². The zero-order valence-corrected chi connectivity index (χ0v) is 19.6. The van der Waals surface area contributed by atoms with E-state index in [-0.39, 0.29) is 0 Å². The molecule has 0 aromatic heterocycles. The third-order valence-electron chi connectivity index (χ3n) is 6.68. The molecule has 0 bridgehead atoms. The van der Waals surface area contributed by atoms with Crippen LogP contribution >= 0.6 is 0 Å². The molecule has 1 atom stereocenters. The van der Waals surface area contributed by atoms with Crippen molar-refractivity contribution in [2.45, 2.75) is 64.7 Å². The van der Waals surface area contributed by atoms with Crippen LogP contribution in [0.5, 0.6) is 5.75 Å². The SMILES string of the molecule is C/C=C/CCc1ccc(C2CCc3cc(-c4ccc(OCCCC)cc4)ccc3C2)cc1. The third-order valence-corrected chi connectivity index (χ3v) is 6.68. The van der Waals surface area contributed by atoms with Crippen molar-refractivity contribution >= 4 is 0 Å². The number of unbranched alkanes of at least 4 members (excludes halogenated alkanes) is 1. The molecule has 1 heteroatoms. The van der Waals surface area contributed by atoms with Crippen LogP contribution in [-0.4, -0.2) is 6.61 Å². The van der Waals surface area contributed by atoms with Crippen molar-refractivity contribution in [1.29, 1.82) is 0 Å². The maximum atomic E-state index is 5.81. The Kier molecular flexibility index (Phi) is 7.82. The van der Waals surface area contributed by atoms with Crippen LogP contribution in [0.3, 0.4) is 0 Å². The van der Waals surface area contributed by atoms with Crippen LogP contribution < -0.4 is 4.74 Å². The van der Waals surface area contributed by atoms with Gasteiger partial charge in [-0.1, -0.05) is 80.1 Å². The summed E-state index contributed by atoms with van der Waals surface area (Å²) in [5.74, 6) is 1.60. The lowest BCUT2D eigenvalue weighted by Gasteiger charge is -2.26. The van der Waals surface area contributed by atoms with Gasteiger partial charge in [-0.3, -0.25) is 0 Å². The Morgan fingerprint density at radius 3 is 2.44 bits per heavy atom. The van der Waals surface area contributed by atoms with Crippen molar-refractivity contribution < 1.29 is 4.74 Å². The summed E-state index contributed by atoms with van der Waals surface area (Å²) in [4.78, 5) is 0. The summed E-state index contributed by atoms with van der Waals surface area (Å²) in [5.41, 5.74) is 8.55. The van der Waals surface area contributed by atoms with Gasteiger partial charge in [0.25, 0.3) is 0 Å². The highest BCUT2D eigenvalue weighted by atomic mass is 16.5. The van der Waals surface area contributed by atoms with Gasteiger partial charge in [-0.05, 0) is 96.9 Å². The quantitative estimate of drug-likeness (QED) is 0.248. The highest BCUT2D eigenvalue weighted by Gasteiger charge is 2.20. The number of aryl methyl sites for hydroxylation is 2. The number of hydrogen-bond acceptors (Lipinski definition) is 1. The first kappa shape index (κ1) is 22.4. The van der Waals surface area contributed by atoms with Crippen LogP contribution in [-0.2, 0) is 19.3 Å². The molecule has 4 rings (SSSR count). The maximum absolute atomic E-state index is 5.81. The molecule has 1 aliphatic carbocycles. The van der Waals surface area contributed by atoms with E-state index in [2.05, 4.69) is 92.7 Å². The van der Waals surface area contributed by atoms with Gasteiger partial charge < -0.3 is 4.74 Å². The minimum absolute atomic E-state index is 0.637. The van der Waals surface area contributed by atoms with E-state index in [4.69, 9.17) is 4.74 Å². The molecule has 1 aliphatic rings. The molecule has 0 saturated carbocycles. The summed E-state index contributed by atoms with van der Waals surface area (Å²) in [7, 11) is 0. The molecule has 166 valence electrons. The van der Waals surface area contributed by atoms with Crippen LogP contribution in [0.1, 0.15) is 67.7 Å². The topological polar surface area (TPSA) is 9.23 Å². The molecular weight excluding hydrogens is 388 g/mol. The van der Waals surface area contributed by atoms with E-state index >= 15 is 0 Å². The molecule has 0 heterocycles. The number of allylic oxidation sites excluding steroid dienone is 2. The molecule has 0 radical (unpaired) electrons. The largest absolute Gasteiger partial charge is 0.494 e. The minimum Gasteiger partial charge on any atom is -0.494 e. The van der Waals surface area contributed by atoms with Gasteiger partial charge in [-0.15, -0.1) is 0 Å². The predicted molar refractivity (Wildman–Crippen MR) is 137 cm³/mol. The lowest BCUT2D eigenvalue weighted by atomic mass is 9.79. The lowest BCUT2D eigenvalue weighted by molar-refractivity contribution is 0.309. The van der Waals surface area contributed by atoms with Crippen molar-refractivity contribution in [2.75, 3.05) is 6.61 Å². The molecule has 0 fully saturated rings. The second-order valence-electron chi connectivity index (χ2n) is 9.00. The van der Waals surface area contributed by atoms with Crippen LogP contribution in [0.4, 0.5) is 0 Å². The average molecular weight is 425 g/mol. The molecule has 0 N–H and O–H groups in total. The molecule has 0 spiro atoms. The van der Waals surface area contributed by atoms with E-state index in [1.807, 2.05) is 0 Å². The van der Waals surface area contributed by atoms with Crippen LogP contribution in [0.2, 0.25) is 0 Å². The molecule has 32 heavy (non-hydrogen) atoms. The Balaban J connectivity index is 1.40. The Bertz CT molecular complexity index is 1010. The first-order valence-electron chi connectivity index (χ1n) is 12.3. The smallest absolute Gasteiger partial charge is 0.119 e. The first-order chi connectivity index (χ1) is 15.8. The Morgan fingerprint density at radius 1 is 0.906 bits per heavy atom. The monoisotopic (exact) mass is 424 g/mol. The van der Waals surface area contributed by atoms with Gasteiger partial charge in [0.15, 0.2) is 0 Å². The number of ether oxygens (including phenoxy) is 1. The Labute approximate surface area is 194 Å². The molecular formula is C31H36O. The van der Waals surface area contributed by atoms with Gasteiger partial charge in [0, 0.05) is 0 Å². The number of fused-ring (bicyclic) bond motifs is 1. The summed E-state index contributed by atoms with van der Waals surface area (Å²) in [6, 6.07) is 25.0. The van der Waals surface area contributed by atoms with E-state index in [1.54, 1.807) is 0 Å². The van der Waals surface area contributed by atoms with E-state index in [1.165, 1.54) is 39.8 Å². The Morgan fingerprint density at radius 2 is 1.69 bits per heavy atom. The Hall–Kier alpha value is -2.80. The van der Waals surface area contributed by atoms with Crippen molar-refractivity contribution in [3.63, 3.8) is 0 Å². The highest BCUT2D eigenvalue weighted by molar-refractivity contribution is 5.66. The number of benzene rings is 3. The maximum Gasteiger partial charge on any atom is 0.119 e. The molecule has 1 unspecified atom stereocenters. The molecule has 0 amide bonds. The molecule has 3 aromatic carbocycles. The number of hydrogen-bond donors (Lipinski definition) is 0. The summed E-state index contributed by atoms with van der Waals surface area (Å²) < 4.78 is 5.81. The zero-order valence-electron chi connectivity index (χ0n) is 19.6. The van der Waals surface area contributed by atoms with Crippen LogP contribution in [0, 0.1) is 0 Å². The van der Waals surface area contributed by atoms with Crippen molar-refractivity contribution in [1.82, 2.24) is 0 Å². The van der Waals surface area contributed by atoms with Crippen molar-refractivity contribution in [3.8, 4) is 16.9 Å². The summed E-state index contributed by atoms with van der Waals surface area (Å²) in [6.07, 6.45) is 12.5. The lowest BCUT2D eigenvalue weighted by Crippen LogP contribution is -2.13. The molecule has 0 aliphatic heterocycles. The minimum atomic E-state index is 0.637. The zero-order chi connectivity index (χ0) is 22.2. The molecule has 0 saturated heterocycles. The summed E-state index contributed by atoms with van der Waals surface area (Å²) in [5, 5.41) is 0. The van der Waals surface area contributed by atoms with Crippen LogP contribution in [0.15, 0.2) is 78.9 Å². The van der Waals surface area contributed by atoms with Gasteiger partial charge in [-0.25, -0.2) is 0 Å². The van der Waals surface area contributed by atoms with Crippen LogP contribution in [0.25, 0.3) is 11.1 Å². The normalized spacial score (nSPS) is 15.6. The average Bonchev–Trinajstić information content (AvgIpc) is 2.85. The van der Waals surface area contributed by atoms with E-state index in [9.17, 15) is 0 Å². The molecule has 1 nitrogen and oxygen atoms in total. The fourth-order valence-electron chi connectivity index (χ4n) is 4.67. The van der Waals surface area contributed by atoms with Crippen molar-refractivity contribution in [3.05, 3.63) is 101 Å². The third kappa shape index (κ3) is 5.71. The van der Waals surface area contributed by atoms with Gasteiger partial charge in [0.05, 0.1) is 6.61 Å². The predicted octanol–water partition coefficient (Wildman–Crippen LogP) is 8.31. The summed E-state index contributed by atoms with van der Waals surface area (Å²) in [6.45, 7) is 5.08. The van der Waals surface area contributed by atoms with E-state index in [0.717, 1.165) is 50.9 Å². The van der Waals surface area contributed by atoms with Crippen molar-refractivity contribution in [2.24, 2.45) is 0 Å². The standard InChI is InChI=1S/C31H36O/c1-3-5-7-8-24-9-11-25(12-10-24)27-13-15-30-23-28(14-16-29(30)22-27)26-17-19-31(20-18-26)32-21-6-4-2/h3,5,9-12,14,16-20,23,27H,4,6-8,13,15,21-22H2,1-2H3/b5-3+. The van der Waals surface area contributed by atoms with E-state index < -0.39 is 0 Å². The van der Waals surface area contributed by atoms with Gasteiger partial charge in [0.1, 0.15) is 5.75 Å². The number of rotatable bonds is 9. The fraction of sp³-hybridized carbons (Fsp3) is 0.355. The first-order valence-corrected chi connectivity index (χ1v) is 12.3. The second-order valence-corrected chi connectivity index (χ2v) is 9.00. The van der Waals surface area contributed by atoms with E-state index in [0.29, 0.717) is 5.92 Å². The highest BCUT2D eigenvalue weighted by Crippen LogP contribution is 2.35. The van der Waals surface area contributed by atoms with Gasteiger partial charge in [-0.2, -0.15) is 0 Å². The fourth-order valence-corrected chi connectivity index (χ4v) is 4.67.